The number of nitrogens with zero attached hydrogens (tertiary/aromatic N) is 1. The molecule has 0 saturated carbocycles. The number of piperazine rings is 1. The average Bonchev–Trinajstić information content (AvgIpc) is 2.47. The largest absolute Gasteiger partial charge is 0.354 e. The van der Waals surface area contributed by atoms with Crippen molar-refractivity contribution >= 4 is 17.5 Å². The molecule has 0 aromatic heterocycles. The van der Waals surface area contributed by atoms with Crippen molar-refractivity contribution in [3.8, 4) is 0 Å². The summed E-state index contributed by atoms with van der Waals surface area (Å²) >= 11 is 0. The molecule has 1 saturated heterocycles. The van der Waals surface area contributed by atoms with E-state index in [9.17, 15) is 22.8 Å². The molecule has 5 nitrogen and oxygen atoms in total. The molecule has 114 valence electrons. The normalized spacial score (nSPS) is 17.2. The molecule has 2 rings (SSSR count). The number of carbonyl (C=O) groups excluding carboxylic acids is 2. The first-order chi connectivity index (χ1) is 9.90. The van der Waals surface area contributed by atoms with Crippen molar-refractivity contribution in [1.82, 2.24) is 10.2 Å². The molecule has 0 aliphatic carbocycles. The molecule has 1 unspecified atom stereocenters. The van der Waals surface area contributed by atoms with Crippen molar-refractivity contribution in [2.45, 2.75) is 13.0 Å². The summed E-state index contributed by atoms with van der Waals surface area (Å²) in [6.07, 6.45) is 0. The molecule has 1 aromatic rings. The highest BCUT2D eigenvalue weighted by Gasteiger charge is 2.27. The summed E-state index contributed by atoms with van der Waals surface area (Å²) in [6, 6.07) is 0.970. The third-order valence-corrected chi connectivity index (χ3v) is 3.29. The van der Waals surface area contributed by atoms with Gasteiger partial charge in [-0.2, -0.15) is 0 Å². The van der Waals surface area contributed by atoms with Gasteiger partial charge in [-0.15, -0.1) is 0 Å². The van der Waals surface area contributed by atoms with Gasteiger partial charge in [0.05, 0.1) is 18.3 Å². The highest BCUT2D eigenvalue weighted by molar-refractivity contribution is 5.95. The van der Waals surface area contributed by atoms with Gasteiger partial charge in [-0.25, -0.2) is 13.2 Å². The summed E-state index contributed by atoms with van der Waals surface area (Å²) in [5.41, 5.74) is -0.438. The van der Waals surface area contributed by atoms with Gasteiger partial charge in [0.25, 0.3) is 0 Å². The van der Waals surface area contributed by atoms with Crippen LogP contribution in [0.2, 0.25) is 0 Å². The van der Waals surface area contributed by atoms with Crippen LogP contribution < -0.4 is 10.6 Å². The maximum Gasteiger partial charge on any atom is 0.241 e. The quantitative estimate of drug-likeness (QED) is 0.814. The van der Waals surface area contributed by atoms with Gasteiger partial charge in [0.15, 0.2) is 17.5 Å². The second-order valence-electron chi connectivity index (χ2n) is 4.71. The molecule has 2 N–H and O–H groups in total. The Morgan fingerprint density at radius 2 is 2.05 bits per heavy atom. The van der Waals surface area contributed by atoms with Gasteiger partial charge in [-0.1, -0.05) is 0 Å². The highest BCUT2D eigenvalue weighted by atomic mass is 19.2. The van der Waals surface area contributed by atoms with Gasteiger partial charge < -0.3 is 10.6 Å². The minimum absolute atomic E-state index is 0.0504. The van der Waals surface area contributed by atoms with E-state index in [1.165, 1.54) is 0 Å². The molecular weight excluding hydrogens is 287 g/mol. The van der Waals surface area contributed by atoms with E-state index in [-0.39, 0.29) is 12.5 Å². The van der Waals surface area contributed by atoms with Gasteiger partial charge >= 0.3 is 0 Å². The van der Waals surface area contributed by atoms with Gasteiger partial charge in [0.2, 0.25) is 11.8 Å². The Labute approximate surface area is 119 Å². The minimum atomic E-state index is -1.64. The van der Waals surface area contributed by atoms with Crippen LogP contribution in [0.15, 0.2) is 12.1 Å². The van der Waals surface area contributed by atoms with Crippen molar-refractivity contribution in [3.05, 3.63) is 29.6 Å². The fourth-order valence-electron chi connectivity index (χ4n) is 2.01. The number of hydrogen-bond donors (Lipinski definition) is 2. The number of benzene rings is 1. The van der Waals surface area contributed by atoms with E-state index in [0.717, 1.165) is 12.1 Å². The minimum Gasteiger partial charge on any atom is -0.354 e. The first-order valence-electron chi connectivity index (χ1n) is 6.35. The zero-order chi connectivity index (χ0) is 15.6. The summed E-state index contributed by atoms with van der Waals surface area (Å²) in [4.78, 5) is 24.9. The zero-order valence-corrected chi connectivity index (χ0v) is 11.3. The van der Waals surface area contributed by atoms with Gasteiger partial charge in [-0.3, -0.25) is 14.5 Å². The van der Waals surface area contributed by atoms with Crippen molar-refractivity contribution < 1.29 is 22.8 Å². The van der Waals surface area contributed by atoms with E-state index in [1.54, 1.807) is 11.8 Å². The lowest BCUT2D eigenvalue weighted by atomic mass is 10.2. The maximum absolute atomic E-state index is 13.5. The molecule has 21 heavy (non-hydrogen) atoms. The van der Waals surface area contributed by atoms with Gasteiger partial charge in [0.1, 0.15) is 0 Å². The molecule has 2 amide bonds. The predicted molar refractivity (Wildman–Crippen MR) is 69.0 cm³/mol. The van der Waals surface area contributed by atoms with Crippen LogP contribution in [0.25, 0.3) is 0 Å². The Morgan fingerprint density at radius 3 is 2.71 bits per heavy atom. The van der Waals surface area contributed by atoms with Crippen LogP contribution in [0.4, 0.5) is 18.9 Å². The Bertz CT molecular complexity index is 580. The van der Waals surface area contributed by atoms with E-state index in [1.807, 2.05) is 0 Å². The van der Waals surface area contributed by atoms with E-state index in [2.05, 4.69) is 10.6 Å². The molecule has 1 aliphatic heterocycles. The maximum atomic E-state index is 13.5. The molecule has 1 aromatic carbocycles. The molecule has 1 heterocycles. The fraction of sp³-hybridized carbons (Fsp3) is 0.385. The van der Waals surface area contributed by atoms with E-state index in [0.29, 0.717) is 13.1 Å². The lowest BCUT2D eigenvalue weighted by molar-refractivity contribution is -0.127. The zero-order valence-electron chi connectivity index (χ0n) is 11.3. The Balaban J connectivity index is 2.07. The lowest BCUT2D eigenvalue weighted by Crippen LogP contribution is -2.53. The van der Waals surface area contributed by atoms with Crippen LogP contribution >= 0.6 is 0 Å². The van der Waals surface area contributed by atoms with Crippen LogP contribution in [0.3, 0.4) is 0 Å². The Hall–Kier alpha value is -2.09. The molecule has 1 fully saturated rings. The molecule has 8 heteroatoms. The second-order valence-corrected chi connectivity index (χ2v) is 4.71. The summed E-state index contributed by atoms with van der Waals surface area (Å²) in [5, 5.41) is 4.81. The average molecular weight is 301 g/mol. The van der Waals surface area contributed by atoms with Crippen LogP contribution in [0, 0.1) is 17.5 Å². The number of halogens is 3. The number of amides is 2. The summed E-state index contributed by atoms with van der Waals surface area (Å²) in [5.74, 6) is -5.23. The third-order valence-electron chi connectivity index (χ3n) is 3.29. The second kappa shape index (κ2) is 6.13. The van der Waals surface area contributed by atoms with Crippen LogP contribution in [-0.4, -0.2) is 42.4 Å². The van der Waals surface area contributed by atoms with Crippen molar-refractivity contribution in [3.63, 3.8) is 0 Å². The topological polar surface area (TPSA) is 61.4 Å². The molecule has 0 spiro atoms. The Kier molecular flexibility index (Phi) is 4.46. The van der Waals surface area contributed by atoms with Crippen LogP contribution in [0.1, 0.15) is 6.92 Å². The van der Waals surface area contributed by atoms with Gasteiger partial charge in [-0.05, 0) is 19.1 Å². The van der Waals surface area contributed by atoms with Crippen molar-refractivity contribution in [1.29, 1.82) is 0 Å². The van der Waals surface area contributed by atoms with E-state index >= 15 is 0 Å². The van der Waals surface area contributed by atoms with Crippen LogP contribution in [0.5, 0.6) is 0 Å². The van der Waals surface area contributed by atoms with Crippen molar-refractivity contribution in [2.75, 3.05) is 25.0 Å². The van der Waals surface area contributed by atoms with E-state index < -0.39 is 35.1 Å². The van der Waals surface area contributed by atoms with Crippen molar-refractivity contribution in [2.24, 2.45) is 0 Å². The third kappa shape index (κ3) is 3.33. The summed E-state index contributed by atoms with van der Waals surface area (Å²) in [6.45, 7) is 2.48. The standard InChI is InChI=1S/C13H14F3N3O2/c1-7(19-5-4-17-10(20)6-19)13(21)18-9-3-2-8(14)11(15)12(9)16/h2-3,7H,4-6H2,1H3,(H,17,20)(H,18,21). The predicted octanol–water partition coefficient (Wildman–Crippen LogP) is 0.863. The lowest BCUT2D eigenvalue weighted by Gasteiger charge is -2.31. The van der Waals surface area contributed by atoms with E-state index in [4.69, 9.17) is 0 Å². The summed E-state index contributed by atoms with van der Waals surface area (Å²) < 4.78 is 39.4. The first kappa shape index (κ1) is 15.3. The number of carbonyl (C=O) groups is 2. The smallest absolute Gasteiger partial charge is 0.241 e. The fourth-order valence-corrected chi connectivity index (χ4v) is 2.01. The Morgan fingerprint density at radius 1 is 1.33 bits per heavy atom. The number of nitrogens with one attached hydrogen (secondary N) is 2. The van der Waals surface area contributed by atoms with Gasteiger partial charge in [0, 0.05) is 13.1 Å². The highest BCUT2D eigenvalue weighted by Crippen LogP contribution is 2.20. The molecular formula is C13H14F3N3O2. The van der Waals surface area contributed by atoms with Crippen LogP contribution in [-0.2, 0) is 9.59 Å². The molecule has 0 bridgehead atoms. The summed E-state index contributed by atoms with van der Waals surface area (Å²) in [7, 11) is 0. The molecule has 0 radical (unpaired) electrons. The number of rotatable bonds is 3. The SMILES string of the molecule is CC(C(=O)Nc1ccc(F)c(F)c1F)N1CCNC(=O)C1. The monoisotopic (exact) mass is 301 g/mol. The first-order valence-corrected chi connectivity index (χ1v) is 6.35. The number of anilines is 1. The molecule has 1 atom stereocenters. The molecule has 1 aliphatic rings. The number of hydrogen-bond acceptors (Lipinski definition) is 3.